The average Bonchev–Trinajstić information content (AvgIpc) is 3.02. The fourth-order valence-electron chi connectivity index (χ4n) is 2.43. The summed E-state index contributed by atoms with van der Waals surface area (Å²) in [7, 11) is 1.97. The molecular formula is C13H19N7O. The smallest absolute Gasteiger partial charge is 0.241 e. The van der Waals surface area contributed by atoms with Gasteiger partial charge in [-0.15, -0.1) is 0 Å². The average molecular weight is 289 g/mol. The molecule has 8 nitrogen and oxygen atoms in total. The number of aromatic nitrogens is 5. The molecule has 0 aromatic carbocycles. The normalized spacial score (nSPS) is 16.0. The van der Waals surface area contributed by atoms with Crippen LogP contribution in [0.4, 0.5) is 11.9 Å². The van der Waals surface area contributed by atoms with Crippen molar-refractivity contribution in [3.05, 3.63) is 18.7 Å². The van der Waals surface area contributed by atoms with Crippen molar-refractivity contribution in [1.29, 1.82) is 0 Å². The van der Waals surface area contributed by atoms with Gasteiger partial charge in [0.05, 0.1) is 0 Å². The maximum Gasteiger partial charge on any atom is 0.241 e. The Morgan fingerprint density at radius 3 is 2.86 bits per heavy atom. The standard InChI is InChI=1S/C13H19N7O/c1-19(8-10-2-6-21-7-3-10)12-16-11(14)17-13(18-12)20-5-4-15-9-20/h4-5,9-10H,2-3,6-8H2,1H3,(H2,14,16,17,18). The van der Waals surface area contributed by atoms with Gasteiger partial charge in [0, 0.05) is 39.2 Å². The van der Waals surface area contributed by atoms with Gasteiger partial charge in [-0.25, -0.2) is 4.98 Å². The third-order valence-corrected chi connectivity index (χ3v) is 3.58. The molecule has 0 aliphatic carbocycles. The quantitative estimate of drug-likeness (QED) is 0.875. The molecule has 0 radical (unpaired) electrons. The molecule has 0 bridgehead atoms. The lowest BCUT2D eigenvalue weighted by atomic mass is 10.0. The summed E-state index contributed by atoms with van der Waals surface area (Å²) in [6.07, 6.45) is 7.22. The van der Waals surface area contributed by atoms with Crippen molar-refractivity contribution in [2.45, 2.75) is 12.8 Å². The zero-order chi connectivity index (χ0) is 14.7. The van der Waals surface area contributed by atoms with Gasteiger partial charge in [0.25, 0.3) is 0 Å². The lowest BCUT2D eigenvalue weighted by molar-refractivity contribution is 0.0684. The Kier molecular flexibility index (Phi) is 3.96. The molecule has 8 heteroatoms. The molecule has 21 heavy (non-hydrogen) atoms. The monoisotopic (exact) mass is 289 g/mol. The second-order valence-electron chi connectivity index (χ2n) is 5.20. The molecule has 0 amide bonds. The van der Waals surface area contributed by atoms with Crippen molar-refractivity contribution in [3.63, 3.8) is 0 Å². The molecule has 2 aromatic rings. The predicted octanol–water partition coefficient (Wildman–Crippen LogP) is 0.502. The van der Waals surface area contributed by atoms with Crippen LogP contribution in [0.15, 0.2) is 18.7 Å². The number of anilines is 2. The van der Waals surface area contributed by atoms with Crippen LogP contribution in [-0.4, -0.2) is 51.3 Å². The van der Waals surface area contributed by atoms with E-state index in [0.717, 1.165) is 32.6 Å². The summed E-state index contributed by atoms with van der Waals surface area (Å²) in [6, 6.07) is 0. The molecule has 1 aliphatic rings. The van der Waals surface area contributed by atoms with Crippen LogP contribution < -0.4 is 10.6 Å². The Balaban J connectivity index is 1.77. The number of ether oxygens (including phenoxy) is 1. The Bertz CT molecular complexity index is 580. The highest BCUT2D eigenvalue weighted by atomic mass is 16.5. The van der Waals surface area contributed by atoms with E-state index in [-0.39, 0.29) is 5.95 Å². The van der Waals surface area contributed by atoms with Gasteiger partial charge in [-0.3, -0.25) is 4.57 Å². The van der Waals surface area contributed by atoms with Gasteiger partial charge < -0.3 is 15.4 Å². The van der Waals surface area contributed by atoms with Gasteiger partial charge in [0.2, 0.25) is 17.8 Å². The Morgan fingerprint density at radius 1 is 1.33 bits per heavy atom. The molecule has 1 aliphatic heterocycles. The first-order chi connectivity index (χ1) is 10.2. The topological polar surface area (TPSA) is 95.0 Å². The maximum absolute atomic E-state index is 5.79. The van der Waals surface area contributed by atoms with Crippen LogP contribution in [0.1, 0.15) is 12.8 Å². The van der Waals surface area contributed by atoms with E-state index in [2.05, 4.69) is 19.9 Å². The summed E-state index contributed by atoms with van der Waals surface area (Å²) in [5, 5.41) is 0. The molecule has 1 fully saturated rings. The molecule has 0 spiro atoms. The number of hydrogen-bond acceptors (Lipinski definition) is 7. The van der Waals surface area contributed by atoms with E-state index in [9.17, 15) is 0 Å². The number of nitrogens with zero attached hydrogens (tertiary/aromatic N) is 6. The minimum absolute atomic E-state index is 0.211. The van der Waals surface area contributed by atoms with Crippen molar-refractivity contribution in [2.24, 2.45) is 5.92 Å². The van der Waals surface area contributed by atoms with Crippen LogP contribution >= 0.6 is 0 Å². The number of imidazole rings is 1. The van der Waals surface area contributed by atoms with E-state index in [1.54, 1.807) is 23.3 Å². The highest BCUT2D eigenvalue weighted by molar-refractivity contribution is 5.37. The van der Waals surface area contributed by atoms with Crippen LogP contribution in [0.3, 0.4) is 0 Å². The SMILES string of the molecule is CN(CC1CCOCC1)c1nc(N)nc(-n2ccnc2)n1. The fraction of sp³-hybridized carbons (Fsp3) is 0.538. The highest BCUT2D eigenvalue weighted by Crippen LogP contribution is 2.18. The van der Waals surface area contributed by atoms with Crippen LogP contribution in [0.5, 0.6) is 0 Å². The number of nitrogens with two attached hydrogens (primary N) is 1. The van der Waals surface area contributed by atoms with Gasteiger partial charge in [0.1, 0.15) is 6.33 Å². The zero-order valence-corrected chi connectivity index (χ0v) is 12.0. The van der Waals surface area contributed by atoms with Crippen molar-refractivity contribution >= 4 is 11.9 Å². The van der Waals surface area contributed by atoms with Crippen molar-refractivity contribution < 1.29 is 4.74 Å². The van der Waals surface area contributed by atoms with Crippen molar-refractivity contribution in [2.75, 3.05) is 37.4 Å². The van der Waals surface area contributed by atoms with E-state index in [1.807, 2.05) is 11.9 Å². The molecule has 0 atom stereocenters. The lowest BCUT2D eigenvalue weighted by Gasteiger charge is -2.27. The van der Waals surface area contributed by atoms with Gasteiger partial charge in [0.15, 0.2) is 0 Å². The molecule has 0 saturated carbocycles. The summed E-state index contributed by atoms with van der Waals surface area (Å²) in [6.45, 7) is 2.55. The maximum atomic E-state index is 5.79. The van der Waals surface area contributed by atoms with Crippen LogP contribution in [0, 0.1) is 5.92 Å². The summed E-state index contributed by atoms with van der Waals surface area (Å²) in [5.41, 5.74) is 5.79. The zero-order valence-electron chi connectivity index (χ0n) is 12.0. The van der Waals surface area contributed by atoms with E-state index in [1.165, 1.54) is 0 Å². The molecule has 112 valence electrons. The number of rotatable bonds is 4. The Morgan fingerprint density at radius 2 is 2.14 bits per heavy atom. The fourth-order valence-corrected chi connectivity index (χ4v) is 2.43. The van der Waals surface area contributed by atoms with E-state index in [4.69, 9.17) is 10.5 Å². The minimum Gasteiger partial charge on any atom is -0.381 e. The van der Waals surface area contributed by atoms with Crippen LogP contribution in [0.2, 0.25) is 0 Å². The van der Waals surface area contributed by atoms with Crippen LogP contribution in [0.25, 0.3) is 5.95 Å². The predicted molar refractivity (Wildman–Crippen MR) is 78.2 cm³/mol. The van der Waals surface area contributed by atoms with E-state index in [0.29, 0.717) is 17.8 Å². The van der Waals surface area contributed by atoms with Gasteiger partial charge in [-0.2, -0.15) is 15.0 Å². The van der Waals surface area contributed by atoms with Gasteiger partial charge >= 0.3 is 0 Å². The van der Waals surface area contributed by atoms with E-state index < -0.39 is 0 Å². The molecule has 0 unspecified atom stereocenters. The largest absolute Gasteiger partial charge is 0.381 e. The van der Waals surface area contributed by atoms with Crippen molar-refractivity contribution in [1.82, 2.24) is 24.5 Å². The summed E-state index contributed by atoms with van der Waals surface area (Å²) in [4.78, 5) is 18.8. The van der Waals surface area contributed by atoms with E-state index >= 15 is 0 Å². The third kappa shape index (κ3) is 3.27. The molecular weight excluding hydrogens is 270 g/mol. The van der Waals surface area contributed by atoms with Gasteiger partial charge in [-0.1, -0.05) is 0 Å². The number of hydrogen-bond donors (Lipinski definition) is 1. The minimum atomic E-state index is 0.211. The second-order valence-corrected chi connectivity index (χ2v) is 5.20. The lowest BCUT2D eigenvalue weighted by Crippen LogP contribution is -2.31. The first-order valence-corrected chi connectivity index (χ1v) is 7.01. The van der Waals surface area contributed by atoms with Gasteiger partial charge in [-0.05, 0) is 18.8 Å². The summed E-state index contributed by atoms with van der Waals surface area (Å²) in [5.74, 6) is 1.87. The van der Waals surface area contributed by atoms with Crippen molar-refractivity contribution in [3.8, 4) is 5.95 Å². The Hall–Kier alpha value is -2.22. The summed E-state index contributed by atoms with van der Waals surface area (Å²) >= 11 is 0. The molecule has 1 saturated heterocycles. The first kappa shape index (κ1) is 13.7. The highest BCUT2D eigenvalue weighted by Gasteiger charge is 2.18. The first-order valence-electron chi connectivity index (χ1n) is 7.01. The molecule has 2 N–H and O–H groups in total. The molecule has 3 rings (SSSR count). The van der Waals surface area contributed by atoms with Crippen LogP contribution in [-0.2, 0) is 4.74 Å². The molecule has 3 heterocycles. The Labute approximate surface area is 123 Å². The number of nitrogen functional groups attached to an aromatic ring is 1. The third-order valence-electron chi connectivity index (χ3n) is 3.58. The molecule has 2 aromatic heterocycles. The summed E-state index contributed by atoms with van der Waals surface area (Å²) < 4.78 is 7.10. The second kappa shape index (κ2) is 6.04.